The Morgan fingerprint density at radius 2 is 2.20 bits per heavy atom. The number of pyridine rings is 1. The number of nitrogens with one attached hydrogen (secondary N) is 2. The van der Waals surface area contributed by atoms with Gasteiger partial charge in [-0.25, -0.2) is 14.2 Å². The van der Waals surface area contributed by atoms with Crippen LogP contribution in [0.2, 0.25) is 0 Å². The molecule has 2 heterocycles. The quantitative estimate of drug-likeness (QED) is 0.705. The van der Waals surface area contributed by atoms with E-state index in [9.17, 15) is 9.18 Å². The van der Waals surface area contributed by atoms with E-state index in [0.717, 1.165) is 32.0 Å². The van der Waals surface area contributed by atoms with Crippen molar-refractivity contribution in [1.82, 2.24) is 10.3 Å². The summed E-state index contributed by atoms with van der Waals surface area (Å²) in [4.78, 5) is 14.7. The molecule has 0 unspecified atom stereocenters. The maximum absolute atomic E-state index is 14.4. The Morgan fingerprint density at radius 1 is 1.40 bits per heavy atom. The Morgan fingerprint density at radius 3 is 2.84 bits per heavy atom. The summed E-state index contributed by atoms with van der Waals surface area (Å²) < 4.78 is 14.4. The fourth-order valence-corrected chi connectivity index (χ4v) is 3.09. The molecule has 1 aliphatic heterocycles. The summed E-state index contributed by atoms with van der Waals surface area (Å²) in [5.41, 5.74) is 1.29. The second kappa shape index (κ2) is 7.44. The van der Waals surface area contributed by atoms with Crippen molar-refractivity contribution in [3.05, 3.63) is 65.6 Å². The molecule has 130 valence electrons. The Kier molecular flexibility index (Phi) is 5.09. The first-order valence-corrected chi connectivity index (χ1v) is 8.16. The zero-order chi connectivity index (χ0) is 17.7. The third-order valence-electron chi connectivity index (χ3n) is 4.29. The molecular formula is C19H20FN3O2. The summed E-state index contributed by atoms with van der Waals surface area (Å²) in [6.07, 6.45) is 5.37. The van der Waals surface area contributed by atoms with E-state index < -0.39 is 11.8 Å². The number of hydrogen-bond acceptors (Lipinski definition) is 4. The van der Waals surface area contributed by atoms with Crippen LogP contribution in [-0.2, 0) is 11.2 Å². The zero-order valence-corrected chi connectivity index (χ0v) is 13.7. The van der Waals surface area contributed by atoms with Crippen LogP contribution in [0.3, 0.4) is 0 Å². The van der Waals surface area contributed by atoms with Gasteiger partial charge in [0, 0.05) is 18.8 Å². The Hall–Kier alpha value is -2.73. The van der Waals surface area contributed by atoms with Crippen molar-refractivity contribution < 1.29 is 14.3 Å². The Bertz CT molecular complexity index is 771. The minimum Gasteiger partial charge on any atom is -0.478 e. The highest BCUT2D eigenvalue weighted by Gasteiger charge is 2.34. The summed E-state index contributed by atoms with van der Waals surface area (Å²) in [5, 5.41) is 15.2. The molecule has 0 spiro atoms. The number of benzene rings is 1. The van der Waals surface area contributed by atoms with Crippen LogP contribution in [0, 0.1) is 5.82 Å². The van der Waals surface area contributed by atoms with Crippen molar-refractivity contribution in [3.63, 3.8) is 0 Å². The first-order chi connectivity index (χ1) is 12.1. The lowest BCUT2D eigenvalue weighted by atomic mass is 9.89. The first-order valence-electron chi connectivity index (χ1n) is 8.16. The van der Waals surface area contributed by atoms with E-state index in [1.54, 1.807) is 0 Å². The van der Waals surface area contributed by atoms with Gasteiger partial charge in [0.1, 0.15) is 0 Å². The van der Waals surface area contributed by atoms with Gasteiger partial charge < -0.3 is 15.7 Å². The molecule has 0 saturated carbocycles. The summed E-state index contributed by atoms with van der Waals surface area (Å²) in [6, 6.07) is 11.4. The van der Waals surface area contributed by atoms with E-state index in [0.29, 0.717) is 5.56 Å². The van der Waals surface area contributed by atoms with E-state index in [1.165, 1.54) is 23.9 Å². The van der Waals surface area contributed by atoms with Crippen LogP contribution < -0.4 is 10.6 Å². The molecule has 0 bridgehead atoms. The first kappa shape index (κ1) is 17.1. The Labute approximate surface area is 145 Å². The van der Waals surface area contributed by atoms with Crippen molar-refractivity contribution >= 4 is 17.9 Å². The molecule has 3 N–H and O–H groups in total. The minimum absolute atomic E-state index is 0.187. The van der Waals surface area contributed by atoms with Gasteiger partial charge in [-0.15, -0.1) is 0 Å². The third-order valence-corrected chi connectivity index (χ3v) is 4.29. The number of anilines is 1. The maximum atomic E-state index is 14.4. The number of carboxylic acids is 1. The summed E-state index contributed by atoms with van der Waals surface area (Å²) in [7, 11) is 0. The molecule has 5 nitrogen and oxygen atoms in total. The van der Waals surface area contributed by atoms with E-state index in [2.05, 4.69) is 27.8 Å². The number of aromatic nitrogens is 1. The second-order valence-corrected chi connectivity index (χ2v) is 6.27. The molecule has 25 heavy (non-hydrogen) atoms. The van der Waals surface area contributed by atoms with Gasteiger partial charge in [0.25, 0.3) is 0 Å². The molecule has 1 aromatic carbocycles. The van der Waals surface area contributed by atoms with E-state index >= 15 is 0 Å². The van der Waals surface area contributed by atoms with Crippen molar-refractivity contribution in [2.45, 2.75) is 18.4 Å². The second-order valence-electron chi connectivity index (χ2n) is 6.27. The molecule has 3 rings (SSSR count). The Balaban J connectivity index is 1.79. The average molecular weight is 341 g/mol. The third kappa shape index (κ3) is 4.42. The van der Waals surface area contributed by atoms with Crippen LogP contribution in [0.4, 0.5) is 10.2 Å². The number of halogens is 1. The highest BCUT2D eigenvalue weighted by atomic mass is 19.1. The summed E-state index contributed by atoms with van der Waals surface area (Å²) in [5.74, 6) is -1.39. The molecule has 1 atom stereocenters. The lowest BCUT2D eigenvalue weighted by Gasteiger charge is -2.30. The van der Waals surface area contributed by atoms with Crippen molar-refractivity contribution in [2.24, 2.45) is 0 Å². The van der Waals surface area contributed by atoms with Crippen LogP contribution in [0.5, 0.6) is 0 Å². The van der Waals surface area contributed by atoms with Crippen molar-refractivity contribution in [3.8, 4) is 0 Å². The lowest BCUT2D eigenvalue weighted by Crippen LogP contribution is -2.43. The highest BCUT2D eigenvalue weighted by molar-refractivity contribution is 5.85. The van der Waals surface area contributed by atoms with Crippen LogP contribution in [0.15, 0.2) is 48.7 Å². The van der Waals surface area contributed by atoms with Gasteiger partial charge in [-0.3, -0.25) is 0 Å². The number of hydrogen-bond donors (Lipinski definition) is 3. The lowest BCUT2D eigenvalue weighted by molar-refractivity contribution is -0.131. The normalized spacial score (nSPS) is 20.0. The van der Waals surface area contributed by atoms with Gasteiger partial charge >= 0.3 is 5.97 Å². The van der Waals surface area contributed by atoms with Crippen LogP contribution in [-0.4, -0.2) is 34.7 Å². The average Bonchev–Trinajstić information content (AvgIpc) is 3.04. The molecule has 1 fully saturated rings. The van der Waals surface area contributed by atoms with E-state index in [1.807, 2.05) is 18.2 Å². The van der Waals surface area contributed by atoms with Crippen molar-refractivity contribution in [2.75, 3.05) is 18.4 Å². The zero-order valence-electron chi connectivity index (χ0n) is 13.7. The number of carboxylic acid groups (broad SMARTS) is 1. The predicted octanol–water partition coefficient (Wildman–Crippen LogP) is 2.71. The maximum Gasteiger partial charge on any atom is 0.328 e. The van der Waals surface area contributed by atoms with E-state index in [4.69, 9.17) is 5.11 Å². The molecule has 1 saturated heterocycles. The standard InChI is InChI=1S/C19H20FN3O2/c20-16-10-15(6-7-17(24)25)12-22-18(16)23-19(8-9-21-13-19)11-14-4-2-1-3-5-14/h1-7,10,12,21H,8-9,11,13H2,(H,22,23)(H,24,25)/b7-6+/t19-/m0/s1. The van der Waals surface area contributed by atoms with Gasteiger partial charge in [0.05, 0.1) is 5.54 Å². The van der Waals surface area contributed by atoms with Gasteiger partial charge in [-0.05, 0) is 42.7 Å². The molecular weight excluding hydrogens is 321 g/mol. The molecule has 2 aromatic rings. The number of nitrogens with zero attached hydrogens (tertiary/aromatic N) is 1. The topological polar surface area (TPSA) is 74.2 Å². The van der Waals surface area contributed by atoms with Crippen LogP contribution in [0.1, 0.15) is 17.5 Å². The molecule has 1 aliphatic rings. The largest absolute Gasteiger partial charge is 0.478 e. The fourth-order valence-electron chi connectivity index (χ4n) is 3.09. The number of aliphatic carboxylic acids is 1. The van der Waals surface area contributed by atoms with Gasteiger partial charge in [0.15, 0.2) is 11.6 Å². The van der Waals surface area contributed by atoms with Crippen LogP contribution in [0.25, 0.3) is 6.08 Å². The number of rotatable bonds is 6. The molecule has 0 amide bonds. The van der Waals surface area contributed by atoms with E-state index in [-0.39, 0.29) is 11.4 Å². The molecule has 0 radical (unpaired) electrons. The fraction of sp³-hybridized carbons (Fsp3) is 0.263. The highest BCUT2D eigenvalue weighted by Crippen LogP contribution is 2.26. The van der Waals surface area contributed by atoms with Crippen molar-refractivity contribution in [1.29, 1.82) is 0 Å². The summed E-state index contributed by atoms with van der Waals surface area (Å²) >= 11 is 0. The number of carbonyl (C=O) groups is 1. The minimum atomic E-state index is -1.08. The van der Waals surface area contributed by atoms with Crippen LogP contribution >= 0.6 is 0 Å². The monoisotopic (exact) mass is 341 g/mol. The van der Waals surface area contributed by atoms with Gasteiger partial charge in [-0.2, -0.15) is 0 Å². The molecule has 0 aliphatic carbocycles. The molecule has 6 heteroatoms. The molecule has 1 aromatic heterocycles. The van der Waals surface area contributed by atoms with Gasteiger partial charge in [-0.1, -0.05) is 30.3 Å². The SMILES string of the molecule is O=C(O)/C=C/c1cnc(N[C@]2(Cc3ccccc3)CCNC2)c(F)c1. The van der Waals surface area contributed by atoms with Gasteiger partial charge in [0.2, 0.25) is 0 Å². The smallest absolute Gasteiger partial charge is 0.328 e. The summed E-state index contributed by atoms with van der Waals surface area (Å²) in [6.45, 7) is 1.59. The predicted molar refractivity (Wildman–Crippen MR) is 94.9 cm³/mol.